The lowest BCUT2D eigenvalue weighted by atomic mass is 10.1. The zero-order valence-electron chi connectivity index (χ0n) is 11.5. The minimum Gasteiger partial charge on any atom is -0.307 e. The highest BCUT2D eigenvalue weighted by Gasteiger charge is 2.20. The van der Waals surface area contributed by atoms with E-state index in [1.165, 1.54) is 11.4 Å². The van der Waals surface area contributed by atoms with E-state index in [2.05, 4.69) is 41.5 Å². The second kappa shape index (κ2) is 5.35. The van der Waals surface area contributed by atoms with Crippen LogP contribution in [0.2, 0.25) is 0 Å². The molecule has 5 heteroatoms. The van der Waals surface area contributed by atoms with E-state index in [1.54, 1.807) is 0 Å². The van der Waals surface area contributed by atoms with Gasteiger partial charge in [0, 0.05) is 19.8 Å². The van der Waals surface area contributed by atoms with Crippen LogP contribution < -0.4 is 5.32 Å². The molecule has 1 atom stereocenters. The Bertz CT molecular complexity index is 511. The molecule has 98 valence electrons. The van der Waals surface area contributed by atoms with Crippen LogP contribution in [0.15, 0.2) is 18.3 Å². The lowest BCUT2D eigenvalue weighted by molar-refractivity contribution is 0.534. The predicted octanol–water partition coefficient (Wildman–Crippen LogP) is 1.51. The Labute approximate surface area is 108 Å². The van der Waals surface area contributed by atoms with Gasteiger partial charge in [-0.3, -0.25) is 9.36 Å². The van der Waals surface area contributed by atoms with Crippen LogP contribution in [0.4, 0.5) is 0 Å². The van der Waals surface area contributed by atoms with Gasteiger partial charge in [-0.15, -0.1) is 0 Å². The second-order valence-electron chi connectivity index (χ2n) is 4.33. The van der Waals surface area contributed by atoms with E-state index in [0.29, 0.717) is 0 Å². The zero-order valence-corrected chi connectivity index (χ0v) is 11.5. The summed E-state index contributed by atoms with van der Waals surface area (Å²) in [5.41, 5.74) is 3.46. The Morgan fingerprint density at radius 3 is 2.67 bits per heavy atom. The minimum absolute atomic E-state index is 0.130. The first kappa shape index (κ1) is 12.8. The van der Waals surface area contributed by atoms with E-state index < -0.39 is 0 Å². The van der Waals surface area contributed by atoms with Gasteiger partial charge in [0.2, 0.25) is 0 Å². The van der Waals surface area contributed by atoms with Gasteiger partial charge in [0.1, 0.15) is 0 Å². The first-order valence-electron chi connectivity index (χ1n) is 6.43. The van der Waals surface area contributed by atoms with Crippen molar-refractivity contribution in [1.82, 2.24) is 24.9 Å². The summed E-state index contributed by atoms with van der Waals surface area (Å²) in [6.45, 7) is 5.10. The van der Waals surface area contributed by atoms with E-state index in [9.17, 15) is 0 Å². The van der Waals surface area contributed by atoms with Crippen molar-refractivity contribution in [3.63, 3.8) is 0 Å². The molecule has 0 radical (unpaired) electrons. The van der Waals surface area contributed by atoms with Crippen molar-refractivity contribution in [1.29, 1.82) is 0 Å². The number of aromatic nitrogens is 4. The summed E-state index contributed by atoms with van der Waals surface area (Å²) in [5.74, 6) is 0. The van der Waals surface area contributed by atoms with Gasteiger partial charge in [0.15, 0.2) is 0 Å². The Balaban J connectivity index is 2.41. The molecule has 0 fully saturated rings. The zero-order chi connectivity index (χ0) is 13.1. The molecule has 2 aromatic rings. The first-order valence-corrected chi connectivity index (χ1v) is 6.43. The molecule has 1 unspecified atom stereocenters. The molecule has 2 aromatic heterocycles. The third-order valence-electron chi connectivity index (χ3n) is 3.26. The molecule has 5 nitrogen and oxygen atoms in total. The van der Waals surface area contributed by atoms with Crippen LogP contribution in [0.3, 0.4) is 0 Å². The molecule has 18 heavy (non-hydrogen) atoms. The summed E-state index contributed by atoms with van der Waals surface area (Å²) in [4.78, 5) is 0. The van der Waals surface area contributed by atoms with Gasteiger partial charge in [0.05, 0.1) is 23.1 Å². The predicted molar refractivity (Wildman–Crippen MR) is 71.4 cm³/mol. The fraction of sp³-hybridized carbons (Fsp3) is 0.538. The third kappa shape index (κ3) is 2.18. The molecular weight excluding hydrogens is 226 g/mol. The van der Waals surface area contributed by atoms with Crippen molar-refractivity contribution in [2.45, 2.75) is 32.9 Å². The molecule has 0 aliphatic rings. The van der Waals surface area contributed by atoms with Crippen molar-refractivity contribution >= 4 is 0 Å². The van der Waals surface area contributed by atoms with Crippen LogP contribution in [0.25, 0.3) is 0 Å². The Morgan fingerprint density at radius 2 is 2.11 bits per heavy atom. The van der Waals surface area contributed by atoms with Crippen LogP contribution in [-0.4, -0.2) is 26.6 Å². The smallest absolute Gasteiger partial charge is 0.0916 e. The Kier molecular flexibility index (Phi) is 3.81. The fourth-order valence-corrected chi connectivity index (χ4v) is 2.29. The average Bonchev–Trinajstić information content (AvgIpc) is 2.98. The highest BCUT2D eigenvalue weighted by molar-refractivity contribution is 5.24. The van der Waals surface area contributed by atoms with Gasteiger partial charge >= 0.3 is 0 Å². The molecule has 0 saturated carbocycles. The fourth-order valence-electron chi connectivity index (χ4n) is 2.29. The maximum absolute atomic E-state index is 4.51. The van der Waals surface area contributed by atoms with Crippen LogP contribution in [0, 0.1) is 0 Å². The molecule has 0 aromatic carbocycles. The molecule has 0 bridgehead atoms. The summed E-state index contributed by atoms with van der Waals surface area (Å²) >= 11 is 0. The van der Waals surface area contributed by atoms with Gasteiger partial charge in [-0.2, -0.15) is 10.2 Å². The van der Waals surface area contributed by atoms with Crippen molar-refractivity contribution in [2.75, 3.05) is 7.05 Å². The van der Waals surface area contributed by atoms with Gasteiger partial charge in [-0.25, -0.2) is 0 Å². The monoisotopic (exact) mass is 247 g/mol. The van der Waals surface area contributed by atoms with E-state index in [-0.39, 0.29) is 6.04 Å². The molecular formula is C13H21N5. The van der Waals surface area contributed by atoms with Crippen LogP contribution in [0.5, 0.6) is 0 Å². The van der Waals surface area contributed by atoms with Crippen molar-refractivity contribution in [3.05, 3.63) is 35.4 Å². The molecule has 2 heterocycles. The number of aryl methyl sites for hydroxylation is 3. The van der Waals surface area contributed by atoms with Crippen molar-refractivity contribution in [2.24, 2.45) is 7.05 Å². The van der Waals surface area contributed by atoms with E-state index in [4.69, 9.17) is 0 Å². The number of nitrogens with zero attached hydrogens (tertiary/aromatic N) is 4. The highest BCUT2D eigenvalue weighted by atomic mass is 15.3. The largest absolute Gasteiger partial charge is 0.307 e. The normalized spacial score (nSPS) is 12.9. The van der Waals surface area contributed by atoms with Gasteiger partial charge < -0.3 is 5.32 Å². The van der Waals surface area contributed by atoms with Crippen molar-refractivity contribution in [3.8, 4) is 0 Å². The molecule has 2 rings (SSSR count). The summed E-state index contributed by atoms with van der Waals surface area (Å²) in [6, 6.07) is 4.35. The molecule has 1 N–H and O–H groups in total. The van der Waals surface area contributed by atoms with Crippen LogP contribution in [-0.2, 0) is 20.0 Å². The van der Waals surface area contributed by atoms with E-state index in [1.807, 2.05) is 29.7 Å². The summed E-state index contributed by atoms with van der Waals surface area (Å²) in [7, 11) is 3.96. The maximum atomic E-state index is 4.51. The average molecular weight is 247 g/mol. The molecule has 0 aliphatic carbocycles. The number of hydrogen-bond donors (Lipinski definition) is 1. The maximum Gasteiger partial charge on any atom is 0.0916 e. The van der Waals surface area contributed by atoms with E-state index in [0.717, 1.165) is 18.7 Å². The quantitative estimate of drug-likeness (QED) is 0.871. The molecule has 0 spiro atoms. The third-order valence-corrected chi connectivity index (χ3v) is 3.26. The molecule has 0 amide bonds. The lowest BCUT2D eigenvalue weighted by Gasteiger charge is -2.17. The van der Waals surface area contributed by atoms with E-state index >= 15 is 0 Å². The van der Waals surface area contributed by atoms with Gasteiger partial charge in [0.25, 0.3) is 0 Å². The number of hydrogen-bond acceptors (Lipinski definition) is 3. The summed E-state index contributed by atoms with van der Waals surface area (Å²) in [6.07, 6.45) is 2.80. The SMILES string of the molecule is CCc1cc(C(NC)c2ccnn2CC)n(C)n1. The van der Waals surface area contributed by atoms with Crippen molar-refractivity contribution < 1.29 is 0 Å². The molecule has 0 aliphatic heterocycles. The summed E-state index contributed by atoms with van der Waals surface area (Å²) < 4.78 is 3.97. The summed E-state index contributed by atoms with van der Waals surface area (Å²) in [5, 5.41) is 12.2. The first-order chi connectivity index (χ1) is 8.71. The highest BCUT2D eigenvalue weighted by Crippen LogP contribution is 2.22. The standard InChI is InChI=1S/C13H21N5/c1-5-10-9-12(17(4)16-10)13(14-3)11-7-8-15-18(11)6-2/h7-9,13-14H,5-6H2,1-4H3. The Morgan fingerprint density at radius 1 is 1.33 bits per heavy atom. The topological polar surface area (TPSA) is 47.7 Å². The Hall–Kier alpha value is -1.62. The lowest BCUT2D eigenvalue weighted by Crippen LogP contribution is -2.23. The number of rotatable bonds is 5. The second-order valence-corrected chi connectivity index (χ2v) is 4.33. The molecule has 0 saturated heterocycles. The number of nitrogens with one attached hydrogen (secondary N) is 1. The van der Waals surface area contributed by atoms with Crippen LogP contribution in [0.1, 0.15) is 37.0 Å². The minimum atomic E-state index is 0.130. The van der Waals surface area contributed by atoms with Crippen LogP contribution >= 0.6 is 0 Å². The van der Waals surface area contributed by atoms with Gasteiger partial charge in [-0.05, 0) is 32.5 Å². The van der Waals surface area contributed by atoms with Gasteiger partial charge in [-0.1, -0.05) is 6.92 Å².